The van der Waals surface area contributed by atoms with Gasteiger partial charge in [0.1, 0.15) is 11.9 Å². The van der Waals surface area contributed by atoms with Crippen LogP contribution in [-0.4, -0.2) is 30.4 Å². The van der Waals surface area contributed by atoms with Gasteiger partial charge in [0, 0.05) is 5.56 Å². The number of carbonyl (C=O) groups excluding carboxylic acids is 1. The molecule has 0 aromatic heterocycles. The zero-order valence-electron chi connectivity index (χ0n) is 12.2. The Morgan fingerprint density at radius 2 is 2.14 bits per heavy atom. The minimum Gasteiger partial charge on any atom is -0.335 e. The average molecular weight is 289 g/mol. The van der Waals surface area contributed by atoms with E-state index in [0.717, 1.165) is 25.9 Å². The molecule has 1 fully saturated rings. The number of piperidine rings is 1. The van der Waals surface area contributed by atoms with E-state index in [-0.39, 0.29) is 18.0 Å². The normalized spacial score (nSPS) is 18.0. The number of nitrogens with zero attached hydrogens (tertiary/aromatic N) is 2. The van der Waals surface area contributed by atoms with Crippen molar-refractivity contribution >= 4 is 5.91 Å². The van der Waals surface area contributed by atoms with Crippen molar-refractivity contribution in [2.45, 2.75) is 25.8 Å². The summed E-state index contributed by atoms with van der Waals surface area (Å²) in [5.41, 5.74) is 0.209. The number of carbonyl (C=O) groups is 1. The number of rotatable bonds is 4. The lowest BCUT2D eigenvalue weighted by molar-refractivity contribution is -0.123. The van der Waals surface area contributed by atoms with Crippen LogP contribution in [0.25, 0.3) is 0 Å². The lowest BCUT2D eigenvalue weighted by atomic mass is 9.99. The topological polar surface area (TPSA) is 56.1 Å². The fourth-order valence-electron chi connectivity index (χ4n) is 2.52. The van der Waals surface area contributed by atoms with Gasteiger partial charge in [0.2, 0.25) is 5.91 Å². The Labute approximate surface area is 124 Å². The van der Waals surface area contributed by atoms with E-state index in [2.05, 4.69) is 17.1 Å². The molecular formula is C16H20FN3O. The summed E-state index contributed by atoms with van der Waals surface area (Å²) in [5.74, 6) is -0.00918. The van der Waals surface area contributed by atoms with E-state index < -0.39 is 11.9 Å². The molecule has 4 nitrogen and oxygen atoms in total. The highest BCUT2D eigenvalue weighted by Crippen LogP contribution is 2.17. The number of nitrogens with one attached hydrogen (secondary N) is 1. The minimum atomic E-state index is -0.942. The molecule has 5 heteroatoms. The molecule has 1 saturated heterocycles. The number of nitriles is 1. The Morgan fingerprint density at radius 3 is 2.76 bits per heavy atom. The van der Waals surface area contributed by atoms with E-state index in [1.54, 1.807) is 12.1 Å². The van der Waals surface area contributed by atoms with Crippen LogP contribution >= 0.6 is 0 Å². The summed E-state index contributed by atoms with van der Waals surface area (Å²) in [6.07, 6.45) is 2.17. The number of amides is 1. The first-order valence-corrected chi connectivity index (χ1v) is 7.26. The Hall–Kier alpha value is -1.93. The van der Waals surface area contributed by atoms with E-state index in [1.807, 2.05) is 6.07 Å². The van der Waals surface area contributed by atoms with E-state index in [4.69, 9.17) is 5.26 Å². The molecule has 112 valence electrons. The first kappa shape index (κ1) is 15.5. The van der Waals surface area contributed by atoms with Gasteiger partial charge in [0.25, 0.3) is 0 Å². The molecule has 1 aliphatic heterocycles. The van der Waals surface area contributed by atoms with Crippen molar-refractivity contribution in [1.82, 2.24) is 10.2 Å². The maximum Gasteiger partial charge on any atom is 0.235 e. The molecule has 1 heterocycles. The van der Waals surface area contributed by atoms with Crippen LogP contribution in [0.2, 0.25) is 0 Å². The molecule has 0 radical (unpaired) electrons. The third-order valence-electron chi connectivity index (χ3n) is 3.89. The average Bonchev–Trinajstić information content (AvgIpc) is 2.48. The van der Waals surface area contributed by atoms with Gasteiger partial charge >= 0.3 is 0 Å². The quantitative estimate of drug-likeness (QED) is 0.925. The lowest BCUT2D eigenvalue weighted by Crippen LogP contribution is -2.42. The Bertz CT molecular complexity index is 533. The first-order chi connectivity index (χ1) is 10.1. The molecular weight excluding hydrogens is 269 g/mol. The van der Waals surface area contributed by atoms with Gasteiger partial charge in [-0.1, -0.05) is 25.1 Å². The predicted molar refractivity (Wildman–Crippen MR) is 77.7 cm³/mol. The predicted octanol–water partition coefficient (Wildman–Crippen LogP) is 2.24. The monoisotopic (exact) mass is 289 g/mol. The Kier molecular flexibility index (Phi) is 5.29. The number of likely N-dealkylation sites (tertiary alicyclic amines) is 1. The van der Waals surface area contributed by atoms with Gasteiger partial charge < -0.3 is 5.32 Å². The smallest absolute Gasteiger partial charge is 0.235 e. The number of hydrogen-bond acceptors (Lipinski definition) is 3. The van der Waals surface area contributed by atoms with Gasteiger partial charge in [0.05, 0.1) is 12.6 Å². The van der Waals surface area contributed by atoms with Gasteiger partial charge in [-0.3, -0.25) is 9.69 Å². The molecule has 1 aliphatic rings. The molecule has 0 aliphatic carbocycles. The third kappa shape index (κ3) is 4.27. The second-order valence-electron chi connectivity index (χ2n) is 5.61. The second-order valence-corrected chi connectivity index (χ2v) is 5.61. The molecule has 1 N–H and O–H groups in total. The zero-order valence-corrected chi connectivity index (χ0v) is 12.2. The zero-order chi connectivity index (χ0) is 15.2. The summed E-state index contributed by atoms with van der Waals surface area (Å²) in [6.45, 7) is 4.26. The molecule has 0 bridgehead atoms. The minimum absolute atomic E-state index is 0.209. The highest BCUT2D eigenvalue weighted by Gasteiger charge is 2.21. The van der Waals surface area contributed by atoms with Crippen LogP contribution in [-0.2, 0) is 4.79 Å². The fraction of sp³-hybridized carbons (Fsp3) is 0.500. The van der Waals surface area contributed by atoms with Crippen molar-refractivity contribution in [3.05, 3.63) is 35.6 Å². The van der Waals surface area contributed by atoms with Gasteiger partial charge in [-0.25, -0.2) is 4.39 Å². The van der Waals surface area contributed by atoms with E-state index in [0.29, 0.717) is 5.92 Å². The summed E-state index contributed by atoms with van der Waals surface area (Å²) in [4.78, 5) is 14.1. The molecule has 0 unspecified atom stereocenters. The molecule has 1 aromatic rings. The molecule has 1 amide bonds. The second kappa shape index (κ2) is 7.19. The van der Waals surface area contributed by atoms with Crippen LogP contribution in [0.4, 0.5) is 4.39 Å². The fourth-order valence-corrected chi connectivity index (χ4v) is 2.52. The Balaban J connectivity index is 1.92. The van der Waals surface area contributed by atoms with Gasteiger partial charge in [-0.05, 0) is 37.9 Å². The standard InChI is InChI=1S/C16H20FN3O/c1-12-6-8-20(9-7-12)11-16(21)19-15(10-18)13-4-2-3-5-14(13)17/h2-5,12,15H,6-9,11H2,1H3,(H,19,21)/t15-/m0/s1. The SMILES string of the molecule is CC1CCN(CC(=O)N[C@@H](C#N)c2ccccc2F)CC1. The first-order valence-electron chi connectivity index (χ1n) is 7.26. The van der Waals surface area contributed by atoms with Crippen molar-refractivity contribution < 1.29 is 9.18 Å². The number of halogens is 1. The molecule has 0 spiro atoms. The van der Waals surface area contributed by atoms with Crippen molar-refractivity contribution in [1.29, 1.82) is 5.26 Å². The molecule has 21 heavy (non-hydrogen) atoms. The summed E-state index contributed by atoms with van der Waals surface area (Å²) in [7, 11) is 0. The summed E-state index contributed by atoms with van der Waals surface area (Å²) in [6, 6.07) is 7.02. The Morgan fingerprint density at radius 1 is 1.48 bits per heavy atom. The third-order valence-corrected chi connectivity index (χ3v) is 3.89. The number of benzene rings is 1. The number of hydrogen-bond donors (Lipinski definition) is 1. The van der Waals surface area contributed by atoms with E-state index in [9.17, 15) is 9.18 Å². The van der Waals surface area contributed by atoms with Gasteiger partial charge in [-0.2, -0.15) is 5.26 Å². The van der Waals surface area contributed by atoms with Crippen LogP contribution in [0.5, 0.6) is 0 Å². The van der Waals surface area contributed by atoms with Crippen molar-refractivity contribution in [2.24, 2.45) is 5.92 Å². The van der Waals surface area contributed by atoms with Crippen molar-refractivity contribution in [3.8, 4) is 6.07 Å². The molecule has 0 saturated carbocycles. The van der Waals surface area contributed by atoms with E-state index >= 15 is 0 Å². The highest BCUT2D eigenvalue weighted by molar-refractivity contribution is 5.79. The maximum atomic E-state index is 13.7. The van der Waals surface area contributed by atoms with Gasteiger partial charge in [-0.15, -0.1) is 0 Å². The molecule has 2 rings (SSSR count). The summed E-state index contributed by atoms with van der Waals surface area (Å²) in [5, 5.41) is 11.7. The van der Waals surface area contributed by atoms with Crippen LogP contribution in [0, 0.1) is 23.1 Å². The highest BCUT2D eigenvalue weighted by atomic mass is 19.1. The van der Waals surface area contributed by atoms with Crippen LogP contribution in [0.15, 0.2) is 24.3 Å². The largest absolute Gasteiger partial charge is 0.335 e. The van der Waals surface area contributed by atoms with Gasteiger partial charge in [0.15, 0.2) is 0 Å². The van der Waals surface area contributed by atoms with Crippen molar-refractivity contribution in [3.63, 3.8) is 0 Å². The summed E-state index contributed by atoms with van der Waals surface area (Å²) < 4.78 is 13.7. The van der Waals surface area contributed by atoms with Crippen LogP contribution in [0.1, 0.15) is 31.4 Å². The molecule has 1 atom stereocenters. The lowest BCUT2D eigenvalue weighted by Gasteiger charge is -2.29. The van der Waals surface area contributed by atoms with Crippen LogP contribution < -0.4 is 5.32 Å². The van der Waals surface area contributed by atoms with Crippen molar-refractivity contribution in [2.75, 3.05) is 19.6 Å². The van der Waals surface area contributed by atoms with E-state index in [1.165, 1.54) is 12.1 Å². The van der Waals surface area contributed by atoms with Crippen LogP contribution in [0.3, 0.4) is 0 Å². The maximum absolute atomic E-state index is 13.7. The molecule has 1 aromatic carbocycles. The summed E-state index contributed by atoms with van der Waals surface area (Å²) >= 11 is 0.